The van der Waals surface area contributed by atoms with Crippen LogP contribution in [0.3, 0.4) is 0 Å². The van der Waals surface area contributed by atoms with Gasteiger partial charge in [0.05, 0.1) is 11.4 Å². The SMILES string of the molecule is CCC(C)c1noc(CSC(C)C)c1CSC(C)C. The van der Waals surface area contributed by atoms with Crippen molar-refractivity contribution in [2.75, 3.05) is 0 Å². The van der Waals surface area contributed by atoms with Crippen molar-refractivity contribution in [2.45, 2.75) is 75.9 Å². The molecule has 2 nitrogen and oxygen atoms in total. The highest BCUT2D eigenvalue weighted by Crippen LogP contribution is 2.31. The highest BCUT2D eigenvalue weighted by molar-refractivity contribution is 7.99. The van der Waals surface area contributed by atoms with Gasteiger partial charge >= 0.3 is 0 Å². The fraction of sp³-hybridized carbons (Fsp3) is 0.800. The van der Waals surface area contributed by atoms with Gasteiger partial charge in [0.2, 0.25) is 0 Å². The Balaban J connectivity index is 2.86. The van der Waals surface area contributed by atoms with E-state index >= 15 is 0 Å². The molecule has 0 fully saturated rings. The van der Waals surface area contributed by atoms with E-state index in [-0.39, 0.29) is 0 Å². The Hall–Kier alpha value is -0.0900. The second-order valence-electron chi connectivity index (χ2n) is 5.50. The quantitative estimate of drug-likeness (QED) is 0.636. The third kappa shape index (κ3) is 5.42. The lowest BCUT2D eigenvalue weighted by Gasteiger charge is -2.10. The van der Waals surface area contributed by atoms with E-state index in [9.17, 15) is 0 Å². The molecule has 0 spiro atoms. The van der Waals surface area contributed by atoms with Crippen LogP contribution in [0.2, 0.25) is 0 Å². The molecule has 0 saturated heterocycles. The molecule has 0 aliphatic rings. The Bertz CT molecular complexity index is 374. The van der Waals surface area contributed by atoms with Crippen LogP contribution in [0, 0.1) is 0 Å². The van der Waals surface area contributed by atoms with Crippen LogP contribution < -0.4 is 0 Å². The number of nitrogens with zero attached hydrogens (tertiary/aromatic N) is 1. The van der Waals surface area contributed by atoms with Crippen LogP contribution in [0.25, 0.3) is 0 Å². The topological polar surface area (TPSA) is 26.0 Å². The molecule has 1 atom stereocenters. The zero-order valence-electron chi connectivity index (χ0n) is 13.0. The summed E-state index contributed by atoms with van der Waals surface area (Å²) in [5.74, 6) is 3.54. The van der Waals surface area contributed by atoms with Crippen molar-refractivity contribution in [1.29, 1.82) is 0 Å². The Morgan fingerprint density at radius 1 is 1.00 bits per heavy atom. The fourth-order valence-corrected chi connectivity index (χ4v) is 3.22. The first-order valence-corrected chi connectivity index (χ1v) is 9.25. The predicted octanol–water partition coefficient (Wildman–Crippen LogP) is 5.47. The van der Waals surface area contributed by atoms with E-state index in [2.05, 4.69) is 46.7 Å². The van der Waals surface area contributed by atoms with Gasteiger partial charge in [-0.05, 0) is 16.9 Å². The minimum absolute atomic E-state index is 0.490. The van der Waals surface area contributed by atoms with Gasteiger partial charge in [-0.1, -0.05) is 46.7 Å². The van der Waals surface area contributed by atoms with Gasteiger partial charge in [-0.25, -0.2) is 0 Å². The maximum Gasteiger partial charge on any atom is 0.150 e. The molecule has 0 aromatic carbocycles. The second kappa shape index (κ2) is 8.25. The fourth-order valence-electron chi connectivity index (χ4n) is 1.70. The first-order valence-electron chi connectivity index (χ1n) is 7.16. The average Bonchev–Trinajstić information content (AvgIpc) is 2.75. The normalized spacial score (nSPS) is 13.5. The molecule has 0 N–H and O–H groups in total. The van der Waals surface area contributed by atoms with Crippen molar-refractivity contribution in [3.05, 3.63) is 17.0 Å². The number of rotatable bonds is 8. The number of hydrogen-bond donors (Lipinski definition) is 0. The van der Waals surface area contributed by atoms with Crippen LogP contribution in [0.15, 0.2) is 4.52 Å². The Labute approximate surface area is 126 Å². The van der Waals surface area contributed by atoms with E-state index < -0.39 is 0 Å². The molecular weight excluding hydrogens is 274 g/mol. The van der Waals surface area contributed by atoms with Crippen LogP contribution in [-0.4, -0.2) is 15.7 Å². The van der Waals surface area contributed by atoms with Gasteiger partial charge in [0.1, 0.15) is 0 Å². The molecule has 0 saturated carbocycles. The van der Waals surface area contributed by atoms with Crippen LogP contribution in [0.5, 0.6) is 0 Å². The lowest BCUT2D eigenvalue weighted by atomic mass is 10.0. The smallest absolute Gasteiger partial charge is 0.150 e. The minimum Gasteiger partial charge on any atom is -0.360 e. The van der Waals surface area contributed by atoms with Gasteiger partial charge in [-0.15, -0.1) is 0 Å². The number of aromatic nitrogens is 1. The summed E-state index contributed by atoms with van der Waals surface area (Å²) in [6.45, 7) is 13.4. The van der Waals surface area contributed by atoms with Crippen LogP contribution in [0.1, 0.15) is 70.9 Å². The first kappa shape index (κ1) is 17.0. The largest absolute Gasteiger partial charge is 0.360 e. The summed E-state index contributed by atoms with van der Waals surface area (Å²) in [4.78, 5) is 0. The molecule has 0 radical (unpaired) electrons. The molecule has 1 aromatic heterocycles. The standard InChI is InChI=1S/C15H27NOS2/c1-7-12(6)15-13(8-18-10(2)3)14(17-16-15)9-19-11(4)5/h10-12H,7-9H2,1-6H3. The monoisotopic (exact) mass is 301 g/mol. The lowest BCUT2D eigenvalue weighted by Crippen LogP contribution is -2.00. The first-order chi connectivity index (χ1) is 8.95. The van der Waals surface area contributed by atoms with E-state index in [1.54, 1.807) is 0 Å². The molecule has 0 aliphatic heterocycles. The van der Waals surface area contributed by atoms with Gasteiger partial charge in [0, 0.05) is 17.2 Å². The summed E-state index contributed by atoms with van der Waals surface area (Å²) in [5, 5.41) is 5.61. The van der Waals surface area contributed by atoms with E-state index in [0.717, 1.165) is 23.7 Å². The molecule has 0 amide bonds. The van der Waals surface area contributed by atoms with Gasteiger partial charge in [-0.3, -0.25) is 0 Å². The maximum absolute atomic E-state index is 5.62. The van der Waals surface area contributed by atoms with Gasteiger partial charge in [0.25, 0.3) is 0 Å². The molecular formula is C15H27NOS2. The Morgan fingerprint density at radius 3 is 2.11 bits per heavy atom. The Kier molecular flexibility index (Phi) is 7.37. The molecule has 19 heavy (non-hydrogen) atoms. The molecule has 1 unspecified atom stereocenters. The second-order valence-corrected chi connectivity index (χ2v) is 8.63. The number of thioether (sulfide) groups is 2. The summed E-state index contributed by atoms with van der Waals surface area (Å²) in [6.07, 6.45) is 1.11. The summed E-state index contributed by atoms with van der Waals surface area (Å²) in [6, 6.07) is 0. The lowest BCUT2D eigenvalue weighted by molar-refractivity contribution is 0.383. The molecule has 110 valence electrons. The van der Waals surface area contributed by atoms with Crippen molar-refractivity contribution < 1.29 is 4.52 Å². The summed E-state index contributed by atoms with van der Waals surface area (Å²) in [7, 11) is 0. The highest BCUT2D eigenvalue weighted by atomic mass is 32.2. The van der Waals surface area contributed by atoms with E-state index in [4.69, 9.17) is 4.52 Å². The predicted molar refractivity (Wildman–Crippen MR) is 88.1 cm³/mol. The van der Waals surface area contributed by atoms with Crippen molar-refractivity contribution in [3.63, 3.8) is 0 Å². The van der Waals surface area contributed by atoms with Crippen molar-refractivity contribution in [1.82, 2.24) is 5.16 Å². The Morgan fingerprint density at radius 2 is 1.58 bits per heavy atom. The molecule has 1 rings (SSSR count). The summed E-state index contributed by atoms with van der Waals surface area (Å²) < 4.78 is 5.62. The molecule has 4 heteroatoms. The van der Waals surface area contributed by atoms with E-state index in [1.165, 1.54) is 11.3 Å². The van der Waals surface area contributed by atoms with Crippen LogP contribution in [-0.2, 0) is 11.5 Å². The third-order valence-corrected chi connectivity index (χ3v) is 5.31. The van der Waals surface area contributed by atoms with Crippen LogP contribution in [0.4, 0.5) is 0 Å². The average molecular weight is 302 g/mol. The summed E-state index contributed by atoms with van der Waals surface area (Å²) >= 11 is 3.89. The zero-order valence-corrected chi connectivity index (χ0v) is 14.7. The number of hydrogen-bond acceptors (Lipinski definition) is 4. The molecule has 0 aliphatic carbocycles. The van der Waals surface area contributed by atoms with Crippen molar-refractivity contribution >= 4 is 23.5 Å². The maximum atomic E-state index is 5.62. The highest BCUT2D eigenvalue weighted by Gasteiger charge is 2.20. The summed E-state index contributed by atoms with van der Waals surface area (Å²) in [5.41, 5.74) is 2.52. The van der Waals surface area contributed by atoms with Crippen LogP contribution >= 0.6 is 23.5 Å². The molecule has 1 heterocycles. The molecule has 0 bridgehead atoms. The zero-order chi connectivity index (χ0) is 14.4. The van der Waals surface area contributed by atoms with E-state index in [0.29, 0.717) is 16.4 Å². The van der Waals surface area contributed by atoms with Crippen molar-refractivity contribution in [2.24, 2.45) is 0 Å². The van der Waals surface area contributed by atoms with Gasteiger partial charge in [0.15, 0.2) is 5.76 Å². The van der Waals surface area contributed by atoms with Gasteiger partial charge in [-0.2, -0.15) is 23.5 Å². The van der Waals surface area contributed by atoms with Crippen molar-refractivity contribution in [3.8, 4) is 0 Å². The third-order valence-electron chi connectivity index (χ3n) is 3.09. The van der Waals surface area contributed by atoms with Gasteiger partial charge < -0.3 is 4.52 Å². The van der Waals surface area contributed by atoms with E-state index in [1.807, 2.05) is 23.5 Å². The minimum atomic E-state index is 0.490. The molecule has 1 aromatic rings.